The fourth-order valence-electron chi connectivity index (χ4n) is 2.54. The molecule has 0 saturated carbocycles. The van der Waals surface area contributed by atoms with E-state index >= 15 is 0 Å². The Labute approximate surface area is 157 Å². The van der Waals surface area contributed by atoms with Crippen molar-refractivity contribution in [3.05, 3.63) is 89.0 Å². The molecule has 2 amide bonds. The number of hydrogen-bond donors (Lipinski definition) is 2. The van der Waals surface area contributed by atoms with E-state index in [2.05, 4.69) is 20.6 Å². The van der Waals surface area contributed by atoms with Gasteiger partial charge in [0.1, 0.15) is 5.69 Å². The third-order valence-corrected chi connectivity index (χ3v) is 4.10. The lowest BCUT2D eigenvalue weighted by Gasteiger charge is -2.10. The summed E-state index contributed by atoms with van der Waals surface area (Å²) in [6, 6.07) is 12.6. The largest absolute Gasteiger partial charge is 0.348 e. The van der Waals surface area contributed by atoms with Gasteiger partial charge < -0.3 is 10.6 Å². The predicted molar refractivity (Wildman–Crippen MR) is 104 cm³/mol. The fourth-order valence-corrected chi connectivity index (χ4v) is 2.54. The molecule has 0 spiro atoms. The number of carbonyl (C=O) groups excluding carboxylic acids is 2. The van der Waals surface area contributed by atoms with Crippen LogP contribution in [0.25, 0.3) is 0 Å². The van der Waals surface area contributed by atoms with Gasteiger partial charge in [-0.25, -0.2) is 0 Å². The summed E-state index contributed by atoms with van der Waals surface area (Å²) in [6.07, 6.45) is 4.80. The number of nitrogens with zero attached hydrogens (tertiary/aromatic N) is 2. The number of hydrogen-bond acceptors (Lipinski definition) is 4. The maximum Gasteiger partial charge on any atom is 0.274 e. The summed E-state index contributed by atoms with van der Waals surface area (Å²) >= 11 is 0. The van der Waals surface area contributed by atoms with Crippen LogP contribution in [-0.4, -0.2) is 21.8 Å². The number of benzene rings is 1. The van der Waals surface area contributed by atoms with E-state index in [1.54, 1.807) is 18.5 Å². The van der Waals surface area contributed by atoms with Crippen LogP contribution in [0.2, 0.25) is 0 Å². The maximum atomic E-state index is 12.5. The minimum absolute atomic E-state index is 0.187. The molecule has 2 heterocycles. The van der Waals surface area contributed by atoms with Crippen LogP contribution in [0.4, 0.5) is 5.69 Å². The van der Waals surface area contributed by atoms with Crippen molar-refractivity contribution in [2.75, 3.05) is 5.32 Å². The topological polar surface area (TPSA) is 84.0 Å². The van der Waals surface area contributed by atoms with Crippen LogP contribution in [0.3, 0.4) is 0 Å². The van der Waals surface area contributed by atoms with E-state index in [-0.39, 0.29) is 17.5 Å². The summed E-state index contributed by atoms with van der Waals surface area (Å²) in [7, 11) is 0. The lowest BCUT2D eigenvalue weighted by Crippen LogP contribution is -2.23. The first-order valence-electron chi connectivity index (χ1n) is 8.54. The molecule has 0 radical (unpaired) electrons. The summed E-state index contributed by atoms with van der Waals surface area (Å²) in [4.78, 5) is 32.9. The van der Waals surface area contributed by atoms with E-state index in [1.807, 2.05) is 44.2 Å². The number of rotatable bonds is 5. The van der Waals surface area contributed by atoms with Crippen molar-refractivity contribution in [3.63, 3.8) is 0 Å². The predicted octanol–water partition coefficient (Wildman–Crippen LogP) is 3.28. The van der Waals surface area contributed by atoms with E-state index in [0.29, 0.717) is 12.1 Å². The van der Waals surface area contributed by atoms with E-state index in [4.69, 9.17) is 0 Å². The molecule has 6 heteroatoms. The fraction of sp³-hybridized carbons (Fsp3) is 0.143. The van der Waals surface area contributed by atoms with Gasteiger partial charge >= 0.3 is 0 Å². The smallest absolute Gasteiger partial charge is 0.274 e. The zero-order valence-corrected chi connectivity index (χ0v) is 15.2. The number of aromatic nitrogens is 2. The molecule has 0 bridgehead atoms. The molecule has 6 nitrogen and oxygen atoms in total. The molecule has 27 heavy (non-hydrogen) atoms. The van der Waals surface area contributed by atoms with E-state index in [9.17, 15) is 9.59 Å². The van der Waals surface area contributed by atoms with E-state index in [0.717, 1.165) is 22.4 Å². The van der Waals surface area contributed by atoms with E-state index < -0.39 is 0 Å². The van der Waals surface area contributed by atoms with Gasteiger partial charge in [-0.15, -0.1) is 0 Å². The Morgan fingerprint density at radius 3 is 2.48 bits per heavy atom. The molecule has 2 N–H and O–H groups in total. The molecule has 0 unspecified atom stereocenters. The van der Waals surface area contributed by atoms with Crippen molar-refractivity contribution in [1.29, 1.82) is 0 Å². The van der Waals surface area contributed by atoms with Gasteiger partial charge in [-0.2, -0.15) is 0 Å². The maximum absolute atomic E-state index is 12.5. The van der Waals surface area contributed by atoms with Gasteiger partial charge in [0.15, 0.2) is 0 Å². The molecule has 0 aliphatic heterocycles. The molecular weight excluding hydrogens is 340 g/mol. The second-order valence-electron chi connectivity index (χ2n) is 6.24. The molecule has 3 rings (SSSR count). The second-order valence-corrected chi connectivity index (χ2v) is 6.24. The minimum atomic E-state index is -0.354. The molecular formula is C21H20N4O2. The average molecular weight is 360 g/mol. The molecule has 3 aromatic rings. The first kappa shape index (κ1) is 18.3. The highest BCUT2D eigenvalue weighted by atomic mass is 16.2. The number of amides is 2. The van der Waals surface area contributed by atoms with Crippen LogP contribution >= 0.6 is 0 Å². The van der Waals surface area contributed by atoms with Gasteiger partial charge in [0.05, 0.1) is 0 Å². The van der Waals surface area contributed by atoms with Gasteiger partial charge in [0.2, 0.25) is 0 Å². The molecule has 0 saturated heterocycles. The van der Waals surface area contributed by atoms with Crippen molar-refractivity contribution in [1.82, 2.24) is 15.3 Å². The van der Waals surface area contributed by atoms with Crippen molar-refractivity contribution in [3.8, 4) is 0 Å². The molecule has 2 aromatic heterocycles. The first-order valence-corrected chi connectivity index (χ1v) is 8.54. The summed E-state index contributed by atoms with van der Waals surface area (Å²) in [5.41, 5.74) is 4.25. The van der Waals surface area contributed by atoms with Crippen LogP contribution in [0.15, 0.2) is 61.1 Å². The highest BCUT2D eigenvalue weighted by Gasteiger charge is 2.13. The average Bonchev–Trinajstić information content (AvgIpc) is 2.69. The number of anilines is 1. The van der Waals surface area contributed by atoms with Crippen LogP contribution in [0, 0.1) is 13.8 Å². The highest BCUT2D eigenvalue weighted by molar-refractivity contribution is 6.05. The number of pyridine rings is 2. The van der Waals surface area contributed by atoms with Crippen LogP contribution in [-0.2, 0) is 6.54 Å². The molecule has 0 fully saturated rings. The SMILES string of the molecule is Cc1ccc(C)c(NC(=O)c2cc(C(=O)NCc3ccncc3)ccn2)c1. The summed E-state index contributed by atoms with van der Waals surface area (Å²) < 4.78 is 0. The normalized spacial score (nSPS) is 10.3. The Morgan fingerprint density at radius 2 is 1.70 bits per heavy atom. The molecule has 0 aliphatic rings. The molecule has 0 aliphatic carbocycles. The molecule has 0 atom stereocenters. The first-order chi connectivity index (χ1) is 13.0. The Morgan fingerprint density at radius 1 is 0.926 bits per heavy atom. The number of carbonyl (C=O) groups is 2. The van der Waals surface area contributed by atoms with Gasteiger partial charge in [-0.05, 0) is 60.9 Å². The quantitative estimate of drug-likeness (QED) is 0.731. The van der Waals surface area contributed by atoms with Gasteiger partial charge in [-0.3, -0.25) is 19.6 Å². The zero-order chi connectivity index (χ0) is 19.2. The third-order valence-electron chi connectivity index (χ3n) is 4.10. The van der Waals surface area contributed by atoms with Gasteiger partial charge in [0, 0.05) is 36.4 Å². The lowest BCUT2D eigenvalue weighted by molar-refractivity contribution is 0.0950. The van der Waals surface area contributed by atoms with Crippen molar-refractivity contribution >= 4 is 17.5 Å². The number of aryl methyl sites for hydroxylation is 2. The number of nitrogens with one attached hydrogen (secondary N) is 2. The summed E-state index contributed by atoms with van der Waals surface area (Å²) in [5.74, 6) is -0.623. The summed E-state index contributed by atoms with van der Waals surface area (Å²) in [5, 5.41) is 5.67. The second kappa shape index (κ2) is 8.23. The highest BCUT2D eigenvalue weighted by Crippen LogP contribution is 2.17. The molecule has 1 aromatic carbocycles. The Bertz CT molecular complexity index is 971. The lowest BCUT2D eigenvalue weighted by atomic mass is 10.1. The Balaban J connectivity index is 1.69. The minimum Gasteiger partial charge on any atom is -0.348 e. The van der Waals surface area contributed by atoms with Crippen molar-refractivity contribution in [2.24, 2.45) is 0 Å². The monoisotopic (exact) mass is 360 g/mol. The van der Waals surface area contributed by atoms with E-state index in [1.165, 1.54) is 12.3 Å². The van der Waals surface area contributed by atoms with Crippen LogP contribution in [0.1, 0.15) is 37.5 Å². The summed E-state index contributed by atoms with van der Waals surface area (Å²) in [6.45, 7) is 4.26. The van der Waals surface area contributed by atoms with Crippen LogP contribution < -0.4 is 10.6 Å². The van der Waals surface area contributed by atoms with Crippen molar-refractivity contribution in [2.45, 2.75) is 20.4 Å². The van der Waals surface area contributed by atoms with Gasteiger partial charge in [0.25, 0.3) is 11.8 Å². The third kappa shape index (κ3) is 4.76. The Kier molecular flexibility index (Phi) is 5.56. The van der Waals surface area contributed by atoms with Crippen LogP contribution in [0.5, 0.6) is 0 Å². The molecule has 136 valence electrons. The van der Waals surface area contributed by atoms with Crippen molar-refractivity contribution < 1.29 is 9.59 Å². The van der Waals surface area contributed by atoms with Gasteiger partial charge in [-0.1, -0.05) is 12.1 Å². The Hall–Kier alpha value is -3.54. The zero-order valence-electron chi connectivity index (χ0n) is 15.2. The standard InChI is InChI=1S/C21H20N4O2/c1-14-3-4-15(2)18(11-14)25-21(27)19-12-17(7-10-23-19)20(26)24-13-16-5-8-22-9-6-16/h3-12H,13H2,1-2H3,(H,24,26)(H,25,27).